The molecule has 1 aromatic carbocycles. The Balaban J connectivity index is 1.97. The summed E-state index contributed by atoms with van der Waals surface area (Å²) in [4.78, 5) is 14.8. The van der Waals surface area contributed by atoms with Crippen LogP contribution in [0.2, 0.25) is 0 Å². The number of benzene rings is 1. The van der Waals surface area contributed by atoms with Crippen LogP contribution in [0.4, 0.5) is 0 Å². The molecule has 2 rings (SSSR count). The van der Waals surface area contributed by atoms with Crippen molar-refractivity contribution in [3.05, 3.63) is 35.9 Å². The minimum absolute atomic E-state index is 0.0203. The zero-order valence-electron chi connectivity index (χ0n) is 12.6. The number of nitrogens with one attached hydrogen (secondary N) is 1. The van der Waals surface area contributed by atoms with Crippen LogP contribution in [0.1, 0.15) is 44.6 Å². The van der Waals surface area contributed by atoms with Crippen LogP contribution >= 0.6 is 0 Å². The van der Waals surface area contributed by atoms with Gasteiger partial charge in [-0.3, -0.25) is 4.79 Å². The van der Waals surface area contributed by atoms with Crippen LogP contribution in [0.3, 0.4) is 0 Å². The highest BCUT2D eigenvalue weighted by Gasteiger charge is 2.27. The third kappa shape index (κ3) is 3.60. The molecule has 0 radical (unpaired) electrons. The Labute approximate surface area is 122 Å². The fourth-order valence-electron chi connectivity index (χ4n) is 3.05. The van der Waals surface area contributed by atoms with Crippen LogP contribution in [0, 0.1) is 0 Å². The van der Waals surface area contributed by atoms with E-state index in [0.717, 1.165) is 44.5 Å². The lowest BCUT2D eigenvalue weighted by Crippen LogP contribution is -2.46. The Kier molecular flexibility index (Phi) is 5.60. The van der Waals surface area contributed by atoms with Gasteiger partial charge in [0.25, 0.3) is 0 Å². The van der Waals surface area contributed by atoms with E-state index in [9.17, 15) is 4.79 Å². The number of nitrogens with zero attached hydrogens (tertiary/aromatic N) is 1. The lowest BCUT2D eigenvalue weighted by molar-refractivity contribution is -0.134. The molecule has 1 aliphatic rings. The number of likely N-dealkylation sites (tertiary alicyclic amines) is 1. The SMILES string of the molecule is CCNC1CCN(C(=O)C(CC)c2ccccc2)CC1. The number of piperidine rings is 1. The average molecular weight is 274 g/mol. The molecule has 1 aromatic rings. The van der Waals surface area contributed by atoms with E-state index in [2.05, 4.69) is 36.2 Å². The fraction of sp³-hybridized carbons (Fsp3) is 0.588. The van der Waals surface area contributed by atoms with Gasteiger partial charge in [0.2, 0.25) is 5.91 Å². The molecule has 0 aliphatic carbocycles. The van der Waals surface area contributed by atoms with Crippen molar-refractivity contribution in [1.29, 1.82) is 0 Å². The second kappa shape index (κ2) is 7.44. The van der Waals surface area contributed by atoms with Gasteiger partial charge in [0.1, 0.15) is 0 Å². The van der Waals surface area contributed by atoms with E-state index in [1.165, 1.54) is 0 Å². The molecule has 0 spiro atoms. The standard InChI is InChI=1S/C17H26N2O/c1-3-16(14-8-6-5-7-9-14)17(20)19-12-10-15(11-13-19)18-4-2/h5-9,15-16,18H,3-4,10-13H2,1-2H3. The van der Waals surface area contributed by atoms with Gasteiger partial charge in [0.15, 0.2) is 0 Å². The van der Waals surface area contributed by atoms with Gasteiger partial charge in [-0.25, -0.2) is 0 Å². The molecule has 1 aliphatic heterocycles. The van der Waals surface area contributed by atoms with Gasteiger partial charge in [-0.05, 0) is 31.4 Å². The maximum absolute atomic E-state index is 12.7. The van der Waals surface area contributed by atoms with E-state index in [1.807, 2.05) is 18.2 Å². The lowest BCUT2D eigenvalue weighted by atomic mass is 9.93. The van der Waals surface area contributed by atoms with Crippen molar-refractivity contribution < 1.29 is 4.79 Å². The first-order chi connectivity index (χ1) is 9.76. The van der Waals surface area contributed by atoms with Gasteiger partial charge in [0.05, 0.1) is 5.92 Å². The summed E-state index contributed by atoms with van der Waals surface area (Å²) in [5.74, 6) is 0.320. The van der Waals surface area contributed by atoms with E-state index in [1.54, 1.807) is 0 Å². The summed E-state index contributed by atoms with van der Waals surface area (Å²) in [5, 5.41) is 3.48. The molecular formula is C17H26N2O. The highest BCUT2D eigenvalue weighted by Crippen LogP contribution is 2.23. The Morgan fingerprint density at radius 2 is 1.90 bits per heavy atom. The summed E-state index contributed by atoms with van der Waals surface area (Å²) >= 11 is 0. The van der Waals surface area contributed by atoms with Crippen molar-refractivity contribution in [3.63, 3.8) is 0 Å². The van der Waals surface area contributed by atoms with E-state index in [-0.39, 0.29) is 5.92 Å². The summed E-state index contributed by atoms with van der Waals surface area (Å²) in [7, 11) is 0. The normalized spacial score (nSPS) is 18.0. The average Bonchev–Trinajstić information content (AvgIpc) is 2.50. The van der Waals surface area contributed by atoms with Gasteiger partial charge < -0.3 is 10.2 Å². The molecule has 1 heterocycles. The molecule has 1 N–H and O–H groups in total. The lowest BCUT2D eigenvalue weighted by Gasteiger charge is -2.34. The van der Waals surface area contributed by atoms with E-state index in [0.29, 0.717) is 11.9 Å². The minimum atomic E-state index is 0.0203. The summed E-state index contributed by atoms with van der Waals surface area (Å²) < 4.78 is 0. The Morgan fingerprint density at radius 1 is 1.25 bits per heavy atom. The molecule has 1 unspecified atom stereocenters. The number of amides is 1. The van der Waals surface area contributed by atoms with E-state index >= 15 is 0 Å². The molecule has 0 aromatic heterocycles. The first-order valence-electron chi connectivity index (χ1n) is 7.83. The first-order valence-corrected chi connectivity index (χ1v) is 7.83. The molecule has 0 saturated carbocycles. The molecule has 0 bridgehead atoms. The van der Waals surface area contributed by atoms with E-state index in [4.69, 9.17) is 0 Å². The van der Waals surface area contributed by atoms with E-state index < -0.39 is 0 Å². The van der Waals surface area contributed by atoms with Gasteiger partial charge in [-0.1, -0.05) is 44.2 Å². The van der Waals surface area contributed by atoms with Crippen molar-refractivity contribution in [2.24, 2.45) is 0 Å². The number of carbonyl (C=O) groups excluding carboxylic acids is 1. The molecule has 3 heteroatoms. The zero-order chi connectivity index (χ0) is 14.4. The third-order valence-corrected chi connectivity index (χ3v) is 4.21. The van der Waals surface area contributed by atoms with Crippen molar-refractivity contribution in [3.8, 4) is 0 Å². The number of hydrogen-bond acceptors (Lipinski definition) is 2. The molecular weight excluding hydrogens is 248 g/mol. The van der Waals surface area contributed by atoms with Crippen LogP contribution in [-0.4, -0.2) is 36.5 Å². The van der Waals surface area contributed by atoms with Gasteiger partial charge >= 0.3 is 0 Å². The topological polar surface area (TPSA) is 32.3 Å². The molecule has 3 nitrogen and oxygen atoms in total. The molecule has 1 atom stereocenters. The predicted octanol–water partition coefficient (Wildman–Crippen LogP) is 2.78. The molecule has 1 saturated heterocycles. The quantitative estimate of drug-likeness (QED) is 0.895. The van der Waals surface area contributed by atoms with Crippen molar-refractivity contribution in [1.82, 2.24) is 10.2 Å². The second-order valence-electron chi connectivity index (χ2n) is 5.53. The largest absolute Gasteiger partial charge is 0.342 e. The third-order valence-electron chi connectivity index (χ3n) is 4.21. The monoisotopic (exact) mass is 274 g/mol. The van der Waals surface area contributed by atoms with Crippen LogP contribution in [-0.2, 0) is 4.79 Å². The van der Waals surface area contributed by atoms with Crippen molar-refractivity contribution in [2.45, 2.75) is 45.1 Å². The van der Waals surface area contributed by atoms with Crippen LogP contribution in [0.25, 0.3) is 0 Å². The molecule has 1 fully saturated rings. The summed E-state index contributed by atoms with van der Waals surface area (Å²) in [6.45, 7) is 7.03. The summed E-state index contributed by atoms with van der Waals surface area (Å²) in [5.41, 5.74) is 1.15. The van der Waals surface area contributed by atoms with Gasteiger partial charge in [0, 0.05) is 19.1 Å². The smallest absolute Gasteiger partial charge is 0.230 e. The van der Waals surface area contributed by atoms with Crippen LogP contribution < -0.4 is 5.32 Å². The first kappa shape index (κ1) is 15.0. The van der Waals surface area contributed by atoms with Gasteiger partial charge in [-0.15, -0.1) is 0 Å². The Bertz CT molecular complexity index is 410. The van der Waals surface area contributed by atoms with Crippen LogP contribution in [0.5, 0.6) is 0 Å². The molecule has 1 amide bonds. The maximum atomic E-state index is 12.7. The fourth-order valence-corrected chi connectivity index (χ4v) is 3.05. The summed E-state index contributed by atoms with van der Waals surface area (Å²) in [6.07, 6.45) is 3.02. The highest BCUT2D eigenvalue weighted by molar-refractivity contribution is 5.83. The van der Waals surface area contributed by atoms with Crippen molar-refractivity contribution in [2.75, 3.05) is 19.6 Å². The zero-order valence-corrected chi connectivity index (χ0v) is 12.6. The number of carbonyl (C=O) groups is 1. The van der Waals surface area contributed by atoms with Gasteiger partial charge in [-0.2, -0.15) is 0 Å². The second-order valence-corrected chi connectivity index (χ2v) is 5.53. The minimum Gasteiger partial charge on any atom is -0.342 e. The number of hydrogen-bond donors (Lipinski definition) is 1. The predicted molar refractivity (Wildman–Crippen MR) is 82.8 cm³/mol. The molecule has 20 heavy (non-hydrogen) atoms. The Morgan fingerprint density at radius 3 is 2.45 bits per heavy atom. The number of rotatable bonds is 5. The Hall–Kier alpha value is -1.35. The molecule has 110 valence electrons. The summed E-state index contributed by atoms with van der Waals surface area (Å²) in [6, 6.07) is 10.8. The highest BCUT2D eigenvalue weighted by atomic mass is 16.2. The van der Waals surface area contributed by atoms with Crippen molar-refractivity contribution >= 4 is 5.91 Å². The maximum Gasteiger partial charge on any atom is 0.230 e. The van der Waals surface area contributed by atoms with Crippen LogP contribution in [0.15, 0.2) is 30.3 Å².